The van der Waals surface area contributed by atoms with Crippen molar-refractivity contribution in [1.29, 1.82) is 0 Å². The molecular formula is C31H41N5O2. The van der Waals surface area contributed by atoms with Crippen LogP contribution in [0.3, 0.4) is 0 Å². The van der Waals surface area contributed by atoms with Gasteiger partial charge in [0.2, 0.25) is 5.91 Å². The van der Waals surface area contributed by atoms with Gasteiger partial charge in [0.1, 0.15) is 18.2 Å². The number of carbonyl (C=O) groups is 1. The first-order chi connectivity index (χ1) is 18.0. The maximum Gasteiger partial charge on any atom is 0.231 e. The number of hydrogen-bond acceptors (Lipinski definition) is 6. The van der Waals surface area contributed by atoms with Crippen molar-refractivity contribution in [1.82, 2.24) is 14.9 Å². The molecule has 7 nitrogen and oxygen atoms in total. The molecule has 1 aliphatic heterocycles. The van der Waals surface area contributed by atoms with Crippen LogP contribution in [0.4, 0.5) is 5.82 Å². The highest BCUT2D eigenvalue weighted by molar-refractivity contribution is 5.76. The molecule has 1 fully saturated rings. The number of aromatic nitrogens is 2. The molecule has 2 unspecified atom stereocenters. The molecule has 1 saturated heterocycles. The number of nitrogens with two attached hydrogens (primary N) is 1. The Kier molecular flexibility index (Phi) is 8.36. The van der Waals surface area contributed by atoms with Crippen LogP contribution in [0.25, 0.3) is 11.4 Å². The van der Waals surface area contributed by atoms with Crippen LogP contribution in [0, 0.1) is 20.8 Å². The minimum atomic E-state index is -0.301. The quantitative estimate of drug-likeness (QED) is 0.446. The zero-order valence-electron chi connectivity index (χ0n) is 23.8. The second-order valence-electron chi connectivity index (χ2n) is 11.0. The smallest absolute Gasteiger partial charge is 0.231 e. The Labute approximate surface area is 227 Å². The van der Waals surface area contributed by atoms with Gasteiger partial charge in [0, 0.05) is 30.7 Å². The highest BCUT2D eigenvalue weighted by atomic mass is 16.5. The molecule has 7 heteroatoms. The molecule has 202 valence electrons. The predicted molar refractivity (Wildman–Crippen MR) is 154 cm³/mol. The zero-order chi connectivity index (χ0) is 27.6. The number of piperazine rings is 1. The maximum atomic E-state index is 11.6. The highest BCUT2D eigenvalue weighted by Gasteiger charge is 2.33. The fourth-order valence-electron chi connectivity index (χ4n) is 5.13. The van der Waals surface area contributed by atoms with E-state index in [0.717, 1.165) is 58.4 Å². The van der Waals surface area contributed by atoms with Crippen molar-refractivity contribution < 1.29 is 9.53 Å². The van der Waals surface area contributed by atoms with Gasteiger partial charge in [0.15, 0.2) is 5.82 Å². The highest BCUT2D eigenvalue weighted by Crippen LogP contribution is 2.32. The number of rotatable bonds is 8. The van der Waals surface area contributed by atoms with Crippen molar-refractivity contribution in [2.24, 2.45) is 5.73 Å². The number of primary amides is 1. The molecule has 0 bridgehead atoms. The minimum absolute atomic E-state index is 0.134. The topological polar surface area (TPSA) is 84.6 Å². The van der Waals surface area contributed by atoms with E-state index in [9.17, 15) is 4.79 Å². The molecule has 1 aromatic heterocycles. The van der Waals surface area contributed by atoms with E-state index in [0.29, 0.717) is 12.5 Å². The van der Waals surface area contributed by atoms with Crippen molar-refractivity contribution in [2.45, 2.75) is 73.1 Å². The molecular weight excluding hydrogens is 474 g/mol. The number of amides is 1. The van der Waals surface area contributed by atoms with E-state index in [-0.39, 0.29) is 24.5 Å². The summed E-state index contributed by atoms with van der Waals surface area (Å²) in [4.78, 5) is 26.3. The van der Waals surface area contributed by atoms with Gasteiger partial charge in [-0.3, -0.25) is 9.69 Å². The van der Waals surface area contributed by atoms with E-state index in [2.05, 4.69) is 81.7 Å². The first-order valence-corrected chi connectivity index (χ1v) is 13.5. The van der Waals surface area contributed by atoms with Gasteiger partial charge in [-0.1, -0.05) is 50.2 Å². The first kappa shape index (κ1) is 27.6. The molecule has 2 atom stereocenters. The monoisotopic (exact) mass is 515 g/mol. The normalized spacial score (nSPS) is 18.2. The number of anilines is 1. The lowest BCUT2D eigenvalue weighted by molar-refractivity contribution is -0.119. The standard InChI is InChI=1S/C31H41N5O2/c1-19(2)25-13-12-21(4)28(14-25)38-18-27-24(7)33-30(26-11-9-8-10-20(26)3)34-31(27)36-16-22(5)35(15-23(36)6)17-29(32)37/h8-14,19,22-23H,15-18H2,1-7H3,(H2,32,37). The molecule has 1 aliphatic rings. The molecule has 38 heavy (non-hydrogen) atoms. The summed E-state index contributed by atoms with van der Waals surface area (Å²) in [5, 5.41) is 0. The molecule has 2 heterocycles. The van der Waals surface area contributed by atoms with Gasteiger partial charge in [-0.25, -0.2) is 9.97 Å². The van der Waals surface area contributed by atoms with Gasteiger partial charge in [0.25, 0.3) is 0 Å². The Morgan fingerprint density at radius 3 is 2.45 bits per heavy atom. The Hall–Kier alpha value is -3.45. The summed E-state index contributed by atoms with van der Waals surface area (Å²) in [5.41, 5.74) is 11.9. The van der Waals surface area contributed by atoms with Gasteiger partial charge < -0.3 is 15.4 Å². The number of ether oxygens (including phenoxy) is 1. The fourth-order valence-corrected chi connectivity index (χ4v) is 5.13. The van der Waals surface area contributed by atoms with Crippen LogP contribution in [0.2, 0.25) is 0 Å². The summed E-state index contributed by atoms with van der Waals surface area (Å²) in [6.45, 7) is 17.0. The van der Waals surface area contributed by atoms with Crippen LogP contribution < -0.4 is 15.4 Å². The molecule has 4 rings (SSSR count). The second kappa shape index (κ2) is 11.5. The van der Waals surface area contributed by atoms with Crippen LogP contribution in [-0.2, 0) is 11.4 Å². The molecule has 0 spiro atoms. The van der Waals surface area contributed by atoms with Crippen molar-refractivity contribution in [2.75, 3.05) is 24.5 Å². The van der Waals surface area contributed by atoms with Gasteiger partial charge in [-0.05, 0) is 63.3 Å². The Morgan fingerprint density at radius 2 is 1.76 bits per heavy atom. The minimum Gasteiger partial charge on any atom is -0.488 e. The predicted octanol–water partition coefficient (Wildman–Crippen LogP) is 5.16. The van der Waals surface area contributed by atoms with Crippen LogP contribution in [-0.4, -0.2) is 52.5 Å². The van der Waals surface area contributed by atoms with Gasteiger partial charge in [-0.2, -0.15) is 0 Å². The second-order valence-corrected chi connectivity index (χ2v) is 11.0. The molecule has 2 N–H and O–H groups in total. The number of carbonyl (C=O) groups excluding carboxylic acids is 1. The third-order valence-corrected chi connectivity index (χ3v) is 7.57. The molecule has 0 saturated carbocycles. The number of aryl methyl sites for hydroxylation is 3. The van der Waals surface area contributed by atoms with E-state index < -0.39 is 0 Å². The Bertz CT molecular complexity index is 1310. The lowest BCUT2D eigenvalue weighted by Gasteiger charge is -2.45. The lowest BCUT2D eigenvalue weighted by Crippen LogP contribution is -2.58. The van der Waals surface area contributed by atoms with E-state index >= 15 is 0 Å². The van der Waals surface area contributed by atoms with E-state index in [1.807, 2.05) is 19.1 Å². The third kappa shape index (κ3) is 5.99. The van der Waals surface area contributed by atoms with Gasteiger partial charge >= 0.3 is 0 Å². The number of nitrogens with zero attached hydrogens (tertiary/aromatic N) is 4. The van der Waals surface area contributed by atoms with Crippen molar-refractivity contribution >= 4 is 11.7 Å². The van der Waals surface area contributed by atoms with Crippen molar-refractivity contribution in [3.8, 4) is 17.1 Å². The van der Waals surface area contributed by atoms with Crippen LogP contribution in [0.15, 0.2) is 42.5 Å². The molecule has 2 aromatic carbocycles. The summed E-state index contributed by atoms with van der Waals surface area (Å²) in [6, 6.07) is 14.9. The van der Waals surface area contributed by atoms with Crippen LogP contribution in [0.1, 0.15) is 61.6 Å². The van der Waals surface area contributed by atoms with E-state index in [1.165, 1.54) is 5.56 Å². The molecule has 0 aliphatic carbocycles. The van der Waals surface area contributed by atoms with Crippen LogP contribution >= 0.6 is 0 Å². The zero-order valence-corrected chi connectivity index (χ0v) is 23.8. The largest absolute Gasteiger partial charge is 0.488 e. The third-order valence-electron chi connectivity index (χ3n) is 7.57. The summed E-state index contributed by atoms with van der Waals surface area (Å²) >= 11 is 0. The number of hydrogen-bond donors (Lipinski definition) is 1. The van der Waals surface area contributed by atoms with Crippen molar-refractivity contribution in [3.63, 3.8) is 0 Å². The van der Waals surface area contributed by atoms with Gasteiger partial charge in [-0.15, -0.1) is 0 Å². The van der Waals surface area contributed by atoms with Crippen molar-refractivity contribution in [3.05, 3.63) is 70.4 Å². The summed E-state index contributed by atoms with van der Waals surface area (Å²) in [5.74, 6) is 2.62. The van der Waals surface area contributed by atoms with E-state index in [4.69, 9.17) is 20.4 Å². The first-order valence-electron chi connectivity index (χ1n) is 13.5. The Balaban J connectivity index is 1.74. The molecule has 1 amide bonds. The van der Waals surface area contributed by atoms with Crippen LogP contribution in [0.5, 0.6) is 5.75 Å². The molecule has 0 radical (unpaired) electrons. The summed E-state index contributed by atoms with van der Waals surface area (Å²) in [7, 11) is 0. The Morgan fingerprint density at radius 1 is 1.03 bits per heavy atom. The molecule has 3 aromatic rings. The van der Waals surface area contributed by atoms with Gasteiger partial charge in [0.05, 0.1) is 17.8 Å². The summed E-state index contributed by atoms with van der Waals surface area (Å²) in [6.07, 6.45) is 0. The lowest BCUT2D eigenvalue weighted by atomic mass is 10.0. The average molecular weight is 516 g/mol. The number of benzene rings is 2. The van der Waals surface area contributed by atoms with E-state index in [1.54, 1.807) is 0 Å². The summed E-state index contributed by atoms with van der Waals surface area (Å²) < 4.78 is 6.45. The maximum absolute atomic E-state index is 11.6. The average Bonchev–Trinajstić information content (AvgIpc) is 2.85. The fraction of sp³-hybridized carbons (Fsp3) is 0.452. The SMILES string of the molecule is Cc1ccc(C(C)C)cc1OCc1c(C)nc(-c2ccccc2C)nc1N1CC(C)N(CC(N)=O)CC1C.